The van der Waals surface area contributed by atoms with Crippen LogP contribution < -0.4 is 20.8 Å². The first-order chi connectivity index (χ1) is 37.2. The van der Waals surface area contributed by atoms with E-state index in [4.69, 9.17) is 29.4 Å². The smallest absolute Gasteiger partial charge is 0.657 e. The minimum Gasteiger partial charge on any atom is -0.657 e. The Labute approximate surface area is 459 Å². The van der Waals surface area contributed by atoms with Gasteiger partial charge in [0.15, 0.2) is 0 Å². The number of carbonyl (C=O) groups excluding carboxylic acids is 2. The molecule has 5 aromatic heterocycles. The van der Waals surface area contributed by atoms with E-state index in [9.17, 15) is 19.2 Å². The number of fused-ring (bicyclic) bond motifs is 8. The Morgan fingerprint density at radius 3 is 1.75 bits per heavy atom. The van der Waals surface area contributed by atoms with Crippen LogP contribution in [0.1, 0.15) is 68.5 Å². The summed E-state index contributed by atoms with van der Waals surface area (Å²) in [5.41, 5.74) is 9.85. The van der Waals surface area contributed by atoms with Gasteiger partial charge in [0.25, 0.3) is 0 Å². The standard InChI is InChI=1S/C64H40N4O6S2.Zn/c1-3-73-63(71)39-18-14-37(15-19-39)56-49-27-24-41(65-49)34-42-25-28-50(66-42)57(38-16-20-40(21-17-38)64(72)74-4-2)52-32-30-48(68-52)44(47-29-31-51(56)67-47)26-22-35-23-33-54-58-43(35)10-7-12-46(58)60(70)62(76-54)61-59(69)45-11-5-8-36-9-6-13-53(75-61)55(36)45;/h5-21,23-25,27-34H,3-4H2,1-2H3,(H2,65,66,67,68,69,70,71,72);/q;+2/p-2. The third-order valence-electron chi connectivity index (χ3n) is 13.5. The first kappa shape index (κ1) is 49.0. The molecule has 0 saturated carbocycles. The van der Waals surface area contributed by atoms with Crippen molar-refractivity contribution in [2.24, 2.45) is 0 Å². The number of rotatable bonds is 6. The number of ether oxygens (including phenoxy) is 2. The average Bonchev–Trinajstić information content (AvgIpc) is 4.38. The summed E-state index contributed by atoms with van der Waals surface area (Å²) in [5, 5.41) is 4.58. The second kappa shape index (κ2) is 20.0. The van der Waals surface area contributed by atoms with E-state index in [0.717, 1.165) is 53.2 Å². The molecule has 6 aromatic carbocycles. The van der Waals surface area contributed by atoms with Gasteiger partial charge in [-0.15, -0.1) is 44.7 Å². The molecular formula is C64H38N4O6S2Zn. The summed E-state index contributed by atoms with van der Waals surface area (Å²) < 4.78 is 13.2. The van der Waals surface area contributed by atoms with E-state index in [1.165, 1.54) is 22.7 Å². The van der Waals surface area contributed by atoms with E-state index in [1.807, 2.05) is 146 Å². The summed E-state index contributed by atoms with van der Waals surface area (Å²) in [7, 11) is 0. The van der Waals surface area contributed by atoms with Gasteiger partial charge in [0.2, 0.25) is 10.9 Å². The van der Waals surface area contributed by atoms with Gasteiger partial charge in [0.05, 0.1) is 56.2 Å². The molecule has 10 nitrogen and oxygen atoms in total. The van der Waals surface area contributed by atoms with Crippen molar-refractivity contribution in [3.05, 3.63) is 220 Å². The average molecular weight is 1090 g/mol. The molecule has 13 rings (SSSR count). The number of carbonyl (C=O) groups is 2. The summed E-state index contributed by atoms with van der Waals surface area (Å²) in [4.78, 5) is 75.0. The zero-order chi connectivity index (χ0) is 51.6. The molecule has 13 heteroatoms. The molecule has 2 aliphatic rings. The van der Waals surface area contributed by atoms with Crippen molar-refractivity contribution >= 4 is 123 Å². The first-order valence-electron chi connectivity index (χ1n) is 24.6. The van der Waals surface area contributed by atoms with Gasteiger partial charge in [0.1, 0.15) is 0 Å². The van der Waals surface area contributed by atoms with Gasteiger partial charge in [-0.1, -0.05) is 115 Å². The molecule has 0 N–H and O–H groups in total. The van der Waals surface area contributed by atoms with Crippen molar-refractivity contribution in [3.8, 4) is 34.1 Å². The van der Waals surface area contributed by atoms with Gasteiger partial charge in [-0.3, -0.25) is 9.59 Å². The van der Waals surface area contributed by atoms with Crippen LogP contribution in [0.5, 0.6) is 0 Å². The molecule has 0 unspecified atom stereocenters. The molecule has 77 heavy (non-hydrogen) atoms. The van der Waals surface area contributed by atoms with Gasteiger partial charge in [0, 0.05) is 42.1 Å². The second-order valence-electron chi connectivity index (χ2n) is 18.1. The minimum atomic E-state index is -0.410. The Morgan fingerprint density at radius 2 is 1.08 bits per heavy atom. The van der Waals surface area contributed by atoms with Crippen LogP contribution in [0.4, 0.5) is 0 Å². The maximum atomic E-state index is 14.7. The van der Waals surface area contributed by atoms with Gasteiger partial charge in [-0.2, -0.15) is 0 Å². The first-order valence-corrected chi connectivity index (χ1v) is 26.2. The fourth-order valence-electron chi connectivity index (χ4n) is 10.0. The van der Waals surface area contributed by atoms with E-state index < -0.39 is 11.9 Å². The number of hydrogen-bond donors (Lipinski definition) is 0. The largest absolute Gasteiger partial charge is 2.00 e. The Morgan fingerprint density at radius 1 is 0.532 bits per heavy atom. The Balaban J connectivity index is 0.00000596. The molecule has 0 amide bonds. The Kier molecular flexibility index (Phi) is 12.7. The molecule has 2 aliphatic heterocycles. The molecule has 0 aliphatic carbocycles. The monoisotopic (exact) mass is 1090 g/mol. The molecule has 0 saturated heterocycles. The maximum absolute atomic E-state index is 14.7. The Bertz CT molecular complexity index is 4770. The summed E-state index contributed by atoms with van der Waals surface area (Å²) in [5.74, 6) is 6.17. The molecular weight excluding hydrogens is 1050 g/mol. The molecule has 0 fully saturated rings. The van der Waals surface area contributed by atoms with Crippen LogP contribution in [0.3, 0.4) is 0 Å². The normalized spacial score (nSPS) is 12.2. The van der Waals surface area contributed by atoms with Crippen LogP contribution in [0.15, 0.2) is 155 Å². The molecule has 11 aromatic rings. The summed E-state index contributed by atoms with van der Waals surface area (Å²) in [6.45, 7) is 4.07. The predicted octanol–water partition coefficient (Wildman–Crippen LogP) is 13.2. The van der Waals surface area contributed by atoms with E-state index >= 15 is 0 Å². The predicted molar refractivity (Wildman–Crippen MR) is 306 cm³/mol. The van der Waals surface area contributed by atoms with Crippen molar-refractivity contribution in [1.29, 1.82) is 0 Å². The minimum absolute atomic E-state index is 0. The van der Waals surface area contributed by atoms with E-state index in [1.54, 1.807) is 38.1 Å². The second-order valence-corrected chi connectivity index (χ2v) is 20.2. The molecule has 0 radical (unpaired) electrons. The van der Waals surface area contributed by atoms with E-state index in [0.29, 0.717) is 86.9 Å². The van der Waals surface area contributed by atoms with Crippen molar-refractivity contribution in [2.75, 3.05) is 13.2 Å². The fraction of sp³-hybridized carbons (Fsp3) is 0.0625. The molecule has 0 atom stereocenters. The summed E-state index contributed by atoms with van der Waals surface area (Å²) in [6.07, 6.45) is 7.73. The van der Waals surface area contributed by atoms with Crippen LogP contribution in [0.2, 0.25) is 0 Å². The van der Waals surface area contributed by atoms with Crippen molar-refractivity contribution in [2.45, 2.75) is 13.8 Å². The molecule has 7 heterocycles. The summed E-state index contributed by atoms with van der Waals surface area (Å²) >= 11 is 2.69. The number of benzene rings is 6. The SMILES string of the molecule is CCOC(=O)c1ccc(-c2c3nc(c(C#Cc4ccc5s/c(=c6/sc7cccc8cccc(c6=O)c87)c(=O)c6cccc4c56)c4ccc([n-]4)c(-c4ccc(C(=O)OCC)cc4)c4nc(cc5ccc2[n-]5)C=C4)C=C3)cc1.[Zn+2]. The van der Waals surface area contributed by atoms with E-state index in [-0.39, 0.29) is 43.5 Å². The van der Waals surface area contributed by atoms with Crippen LogP contribution >= 0.6 is 22.7 Å². The Hall–Kier alpha value is -8.92. The number of aromatic nitrogens is 4. The van der Waals surface area contributed by atoms with Crippen LogP contribution in [-0.4, -0.2) is 35.1 Å². The van der Waals surface area contributed by atoms with Crippen molar-refractivity contribution in [1.82, 2.24) is 19.9 Å². The van der Waals surface area contributed by atoms with Gasteiger partial charge in [-0.25, -0.2) is 19.6 Å². The van der Waals surface area contributed by atoms with Gasteiger partial charge in [-0.05, 0) is 114 Å². The number of esters is 2. The zero-order valence-corrected chi connectivity index (χ0v) is 45.9. The zero-order valence-electron chi connectivity index (χ0n) is 41.3. The van der Waals surface area contributed by atoms with Crippen molar-refractivity contribution in [3.63, 3.8) is 0 Å². The summed E-state index contributed by atoms with van der Waals surface area (Å²) in [6, 6.07) is 45.4. The maximum Gasteiger partial charge on any atom is 2.00 e. The van der Waals surface area contributed by atoms with Crippen molar-refractivity contribution < 1.29 is 38.5 Å². The van der Waals surface area contributed by atoms with Crippen LogP contribution in [0, 0.1) is 20.9 Å². The topological polar surface area (TPSA) is 141 Å². The van der Waals surface area contributed by atoms with Gasteiger partial charge >= 0.3 is 31.4 Å². The third-order valence-corrected chi connectivity index (χ3v) is 16.0. The number of nitrogens with zero attached hydrogens (tertiary/aromatic N) is 4. The fourth-order valence-corrected chi connectivity index (χ4v) is 12.4. The van der Waals surface area contributed by atoms with Gasteiger partial charge < -0.3 is 19.4 Å². The van der Waals surface area contributed by atoms with E-state index in [2.05, 4.69) is 11.8 Å². The molecule has 8 bridgehead atoms. The van der Waals surface area contributed by atoms with Crippen LogP contribution in [-0.2, 0) is 29.0 Å². The third kappa shape index (κ3) is 8.67. The molecule has 0 spiro atoms. The molecule has 364 valence electrons. The van der Waals surface area contributed by atoms with Crippen LogP contribution in [0.25, 0.3) is 110 Å². The number of hydrogen-bond acceptors (Lipinski definition) is 10. The quantitative estimate of drug-likeness (QED) is 0.0897.